The van der Waals surface area contributed by atoms with Crippen molar-refractivity contribution >= 4 is 0 Å². The van der Waals surface area contributed by atoms with Gasteiger partial charge in [0.1, 0.15) is 0 Å². The Hall–Kier alpha value is -0.0400. The van der Waals surface area contributed by atoms with E-state index in [-0.39, 0.29) is 0 Å². The van der Waals surface area contributed by atoms with Crippen LogP contribution in [0.2, 0.25) is 0 Å². The van der Waals surface area contributed by atoms with Crippen LogP contribution in [0.1, 0.15) is 39.5 Å². The van der Waals surface area contributed by atoms with Crippen molar-refractivity contribution in [3.05, 3.63) is 0 Å². The van der Waals surface area contributed by atoms with Crippen molar-refractivity contribution in [2.24, 2.45) is 5.92 Å². The van der Waals surface area contributed by atoms with Gasteiger partial charge >= 0.3 is 0 Å². The average molecular weight is 155 g/mol. The van der Waals surface area contributed by atoms with Crippen LogP contribution < -0.4 is 0 Å². The van der Waals surface area contributed by atoms with E-state index in [2.05, 4.69) is 18.7 Å². The smallest absolute Gasteiger partial charge is 0.000956 e. The van der Waals surface area contributed by atoms with E-state index in [0.29, 0.717) is 0 Å². The summed E-state index contributed by atoms with van der Waals surface area (Å²) in [6.45, 7) is 8.63. The highest BCUT2D eigenvalue weighted by Gasteiger charge is 2.16. The highest BCUT2D eigenvalue weighted by molar-refractivity contribution is 4.71. The van der Waals surface area contributed by atoms with Crippen molar-refractivity contribution in [3.8, 4) is 0 Å². The highest BCUT2D eigenvalue weighted by atomic mass is 15.1. The van der Waals surface area contributed by atoms with Crippen molar-refractivity contribution in [1.29, 1.82) is 0 Å². The van der Waals surface area contributed by atoms with Gasteiger partial charge < -0.3 is 4.90 Å². The zero-order chi connectivity index (χ0) is 8.10. The van der Waals surface area contributed by atoms with Gasteiger partial charge in [0.25, 0.3) is 0 Å². The van der Waals surface area contributed by atoms with Gasteiger partial charge in [-0.15, -0.1) is 0 Å². The van der Waals surface area contributed by atoms with Crippen LogP contribution in [0.15, 0.2) is 0 Å². The van der Waals surface area contributed by atoms with Crippen LogP contribution in [0, 0.1) is 5.92 Å². The third-order valence-corrected chi connectivity index (χ3v) is 2.72. The van der Waals surface area contributed by atoms with Gasteiger partial charge in [0.05, 0.1) is 0 Å². The molecule has 0 radical (unpaired) electrons. The highest BCUT2D eigenvalue weighted by Crippen LogP contribution is 2.18. The summed E-state index contributed by atoms with van der Waals surface area (Å²) in [6.07, 6.45) is 5.59. The van der Waals surface area contributed by atoms with E-state index in [1.807, 2.05) is 0 Å². The van der Waals surface area contributed by atoms with E-state index in [0.717, 1.165) is 5.92 Å². The van der Waals surface area contributed by atoms with Crippen molar-refractivity contribution < 1.29 is 0 Å². The standard InChI is InChI=1S/C10H21N/c1-3-7-11-8-5-6-10(4-2)9-11/h10H,3-9H2,1-2H3. The molecule has 1 rings (SSSR count). The van der Waals surface area contributed by atoms with Gasteiger partial charge in [-0.3, -0.25) is 0 Å². The molecule has 0 N–H and O–H groups in total. The molecule has 0 spiro atoms. The first-order valence-corrected chi connectivity index (χ1v) is 5.09. The molecule has 1 atom stereocenters. The molecular formula is C10H21N. The minimum Gasteiger partial charge on any atom is -0.303 e. The fraction of sp³-hybridized carbons (Fsp3) is 1.00. The van der Waals surface area contributed by atoms with Crippen LogP contribution in [0.5, 0.6) is 0 Å². The Kier molecular flexibility index (Phi) is 3.92. The minimum atomic E-state index is 0.996. The molecule has 11 heavy (non-hydrogen) atoms. The van der Waals surface area contributed by atoms with E-state index in [4.69, 9.17) is 0 Å². The topological polar surface area (TPSA) is 3.24 Å². The number of hydrogen-bond acceptors (Lipinski definition) is 1. The molecule has 0 aromatic rings. The lowest BCUT2D eigenvalue weighted by atomic mass is 9.96. The maximum atomic E-state index is 2.62. The van der Waals surface area contributed by atoms with E-state index < -0.39 is 0 Å². The molecule has 0 aromatic carbocycles. The molecular weight excluding hydrogens is 134 g/mol. The number of likely N-dealkylation sites (tertiary alicyclic amines) is 1. The maximum absolute atomic E-state index is 2.62. The van der Waals surface area contributed by atoms with Crippen molar-refractivity contribution in [3.63, 3.8) is 0 Å². The predicted octanol–water partition coefficient (Wildman–Crippen LogP) is 2.52. The van der Waals surface area contributed by atoms with Gasteiger partial charge in [0.15, 0.2) is 0 Å². The Morgan fingerprint density at radius 1 is 1.36 bits per heavy atom. The summed E-state index contributed by atoms with van der Waals surface area (Å²) >= 11 is 0. The molecule has 1 nitrogen and oxygen atoms in total. The van der Waals surface area contributed by atoms with Crippen molar-refractivity contribution in [2.75, 3.05) is 19.6 Å². The second-order valence-corrected chi connectivity index (χ2v) is 3.72. The zero-order valence-corrected chi connectivity index (χ0v) is 7.97. The van der Waals surface area contributed by atoms with E-state index in [1.165, 1.54) is 45.3 Å². The Balaban J connectivity index is 2.21. The van der Waals surface area contributed by atoms with Crippen LogP contribution in [0.3, 0.4) is 0 Å². The summed E-state index contributed by atoms with van der Waals surface area (Å²) in [5, 5.41) is 0. The third kappa shape index (κ3) is 2.82. The van der Waals surface area contributed by atoms with Gasteiger partial charge in [0, 0.05) is 6.54 Å². The summed E-state index contributed by atoms with van der Waals surface area (Å²) in [6, 6.07) is 0. The molecule has 1 unspecified atom stereocenters. The lowest BCUT2D eigenvalue weighted by Gasteiger charge is -2.31. The fourth-order valence-corrected chi connectivity index (χ4v) is 2.00. The molecule has 1 fully saturated rings. The van der Waals surface area contributed by atoms with E-state index >= 15 is 0 Å². The van der Waals surface area contributed by atoms with Crippen LogP contribution >= 0.6 is 0 Å². The molecule has 0 saturated carbocycles. The molecule has 1 aliphatic rings. The van der Waals surface area contributed by atoms with Crippen molar-refractivity contribution in [2.45, 2.75) is 39.5 Å². The summed E-state index contributed by atoms with van der Waals surface area (Å²) in [4.78, 5) is 2.62. The summed E-state index contributed by atoms with van der Waals surface area (Å²) in [5.41, 5.74) is 0. The molecule has 1 aliphatic heterocycles. The van der Waals surface area contributed by atoms with E-state index in [1.54, 1.807) is 0 Å². The molecule has 0 aliphatic carbocycles. The first-order valence-electron chi connectivity index (χ1n) is 5.09. The predicted molar refractivity (Wildman–Crippen MR) is 49.7 cm³/mol. The molecule has 0 amide bonds. The lowest BCUT2D eigenvalue weighted by Crippen LogP contribution is -2.35. The van der Waals surface area contributed by atoms with Gasteiger partial charge in [-0.2, -0.15) is 0 Å². The van der Waals surface area contributed by atoms with Gasteiger partial charge in [-0.1, -0.05) is 20.3 Å². The lowest BCUT2D eigenvalue weighted by molar-refractivity contribution is 0.172. The molecule has 1 saturated heterocycles. The largest absolute Gasteiger partial charge is 0.303 e. The molecule has 66 valence electrons. The summed E-state index contributed by atoms with van der Waals surface area (Å²) < 4.78 is 0. The first-order chi connectivity index (χ1) is 5.36. The quantitative estimate of drug-likeness (QED) is 0.605. The second-order valence-electron chi connectivity index (χ2n) is 3.72. The third-order valence-electron chi connectivity index (χ3n) is 2.72. The van der Waals surface area contributed by atoms with Gasteiger partial charge in [-0.05, 0) is 38.3 Å². The number of nitrogens with zero attached hydrogens (tertiary/aromatic N) is 1. The summed E-state index contributed by atoms with van der Waals surface area (Å²) in [5.74, 6) is 0.996. The van der Waals surface area contributed by atoms with E-state index in [9.17, 15) is 0 Å². The normalized spacial score (nSPS) is 27.3. The molecule has 1 heterocycles. The molecule has 0 aromatic heterocycles. The Bertz CT molecular complexity index is 99.0. The maximum Gasteiger partial charge on any atom is 0.000956 e. The Morgan fingerprint density at radius 3 is 2.82 bits per heavy atom. The monoisotopic (exact) mass is 155 g/mol. The first kappa shape index (κ1) is 9.05. The van der Waals surface area contributed by atoms with Crippen LogP contribution in [-0.4, -0.2) is 24.5 Å². The van der Waals surface area contributed by atoms with Crippen LogP contribution in [-0.2, 0) is 0 Å². The minimum absolute atomic E-state index is 0.996. The zero-order valence-electron chi connectivity index (χ0n) is 7.97. The number of rotatable bonds is 3. The van der Waals surface area contributed by atoms with Crippen LogP contribution in [0.25, 0.3) is 0 Å². The van der Waals surface area contributed by atoms with Gasteiger partial charge in [0.2, 0.25) is 0 Å². The van der Waals surface area contributed by atoms with Crippen LogP contribution in [0.4, 0.5) is 0 Å². The fourth-order valence-electron chi connectivity index (χ4n) is 2.00. The summed E-state index contributed by atoms with van der Waals surface area (Å²) in [7, 11) is 0. The number of piperidine rings is 1. The number of hydrogen-bond donors (Lipinski definition) is 0. The van der Waals surface area contributed by atoms with Crippen molar-refractivity contribution in [1.82, 2.24) is 4.90 Å². The molecule has 0 bridgehead atoms. The SMILES string of the molecule is CCCN1CCCC(CC)C1. The molecule has 1 heteroatoms. The van der Waals surface area contributed by atoms with Gasteiger partial charge in [-0.25, -0.2) is 0 Å². The Labute approximate surface area is 70.8 Å². The Morgan fingerprint density at radius 2 is 2.18 bits per heavy atom. The second kappa shape index (κ2) is 4.76. The average Bonchev–Trinajstić information content (AvgIpc) is 2.06.